The summed E-state index contributed by atoms with van der Waals surface area (Å²) in [4.78, 5) is 21.3. The molecular formula is C23H32O6. The van der Waals surface area contributed by atoms with Gasteiger partial charge in [-0.25, -0.2) is 14.6 Å². The Morgan fingerprint density at radius 2 is 1.86 bits per heavy atom. The summed E-state index contributed by atoms with van der Waals surface area (Å²) in [6, 6.07) is 8.15. The van der Waals surface area contributed by atoms with Crippen molar-refractivity contribution in [3.63, 3.8) is 0 Å². The second-order valence-corrected chi connectivity index (χ2v) is 7.08. The van der Waals surface area contributed by atoms with Crippen LogP contribution in [0.3, 0.4) is 0 Å². The maximum Gasteiger partial charge on any atom is 0.330 e. The lowest BCUT2D eigenvalue weighted by atomic mass is 9.83. The van der Waals surface area contributed by atoms with E-state index in [9.17, 15) is 4.79 Å². The van der Waals surface area contributed by atoms with Crippen molar-refractivity contribution >= 4 is 5.97 Å². The predicted octanol–water partition coefficient (Wildman–Crippen LogP) is 4.71. The van der Waals surface area contributed by atoms with Gasteiger partial charge < -0.3 is 14.2 Å². The molecule has 6 nitrogen and oxygen atoms in total. The molecule has 0 aliphatic heterocycles. The first-order chi connectivity index (χ1) is 14.0. The maximum atomic E-state index is 11.3. The average molecular weight is 405 g/mol. The van der Waals surface area contributed by atoms with Gasteiger partial charge >= 0.3 is 5.97 Å². The van der Waals surface area contributed by atoms with Crippen molar-refractivity contribution < 1.29 is 28.8 Å². The molecule has 0 spiro atoms. The highest BCUT2D eigenvalue weighted by Gasteiger charge is 2.23. The van der Waals surface area contributed by atoms with Gasteiger partial charge in [0.15, 0.2) is 6.10 Å². The first kappa shape index (κ1) is 23.0. The topological polar surface area (TPSA) is 63.2 Å². The molecular weight excluding hydrogens is 372 g/mol. The number of allylic oxidation sites excluding steroid dienone is 1. The Bertz CT molecular complexity index is 646. The van der Waals surface area contributed by atoms with Gasteiger partial charge in [0, 0.05) is 12.5 Å². The third-order valence-corrected chi connectivity index (χ3v) is 5.00. The number of hydrogen-bond donors (Lipinski definition) is 0. The Balaban J connectivity index is 1.85. The van der Waals surface area contributed by atoms with Gasteiger partial charge in [0.2, 0.25) is 0 Å². The molecule has 0 amide bonds. The van der Waals surface area contributed by atoms with Crippen molar-refractivity contribution in [2.75, 3.05) is 20.3 Å². The largest absolute Gasteiger partial charge is 0.490 e. The lowest BCUT2D eigenvalue weighted by Crippen LogP contribution is -2.28. The molecule has 0 bridgehead atoms. The van der Waals surface area contributed by atoms with Crippen LogP contribution in [0.4, 0.5) is 0 Å². The van der Waals surface area contributed by atoms with Crippen molar-refractivity contribution in [3.8, 4) is 5.75 Å². The molecule has 1 aliphatic carbocycles. The summed E-state index contributed by atoms with van der Waals surface area (Å²) in [5.41, 5.74) is 1.31. The van der Waals surface area contributed by atoms with Gasteiger partial charge in [0.1, 0.15) is 19.0 Å². The smallest absolute Gasteiger partial charge is 0.330 e. The number of ether oxygens (including phenoxy) is 3. The van der Waals surface area contributed by atoms with Crippen molar-refractivity contribution in [3.05, 3.63) is 54.8 Å². The zero-order valence-corrected chi connectivity index (χ0v) is 17.4. The summed E-state index contributed by atoms with van der Waals surface area (Å²) in [6.07, 6.45) is 5.74. The van der Waals surface area contributed by atoms with Crippen LogP contribution in [0.15, 0.2) is 49.3 Å². The van der Waals surface area contributed by atoms with Gasteiger partial charge in [0.25, 0.3) is 0 Å². The summed E-state index contributed by atoms with van der Waals surface area (Å²) in [7, 11) is 1.56. The number of hydrogen-bond acceptors (Lipinski definition) is 6. The molecule has 0 radical (unpaired) electrons. The third-order valence-electron chi connectivity index (χ3n) is 5.00. The van der Waals surface area contributed by atoms with E-state index in [4.69, 9.17) is 24.0 Å². The molecule has 0 saturated heterocycles. The van der Waals surface area contributed by atoms with Gasteiger partial charge in [0.05, 0.1) is 19.0 Å². The summed E-state index contributed by atoms with van der Waals surface area (Å²) >= 11 is 0. The molecule has 1 aromatic rings. The fourth-order valence-corrected chi connectivity index (χ4v) is 3.32. The second-order valence-electron chi connectivity index (χ2n) is 7.08. The minimum atomic E-state index is -0.490. The Hall–Kier alpha value is -2.31. The molecule has 1 saturated carbocycles. The predicted molar refractivity (Wildman–Crippen MR) is 110 cm³/mol. The van der Waals surface area contributed by atoms with Crippen LogP contribution in [0.5, 0.6) is 5.75 Å². The van der Waals surface area contributed by atoms with E-state index in [0.717, 1.165) is 37.5 Å². The van der Waals surface area contributed by atoms with Crippen LogP contribution in [0.25, 0.3) is 0 Å². The van der Waals surface area contributed by atoms with Crippen LogP contribution in [0, 0.1) is 0 Å². The van der Waals surface area contributed by atoms with Crippen LogP contribution in [-0.2, 0) is 24.0 Å². The second kappa shape index (κ2) is 12.3. The van der Waals surface area contributed by atoms with Crippen molar-refractivity contribution in [1.29, 1.82) is 0 Å². The normalized spacial score (nSPS) is 19.8. The van der Waals surface area contributed by atoms with Crippen molar-refractivity contribution in [1.82, 2.24) is 0 Å². The Morgan fingerprint density at radius 1 is 1.17 bits per heavy atom. The zero-order chi connectivity index (χ0) is 21.1. The van der Waals surface area contributed by atoms with Crippen LogP contribution < -0.4 is 4.74 Å². The maximum absolute atomic E-state index is 11.3. The molecule has 1 fully saturated rings. The summed E-state index contributed by atoms with van der Waals surface area (Å²) in [5.74, 6) is 1.41. The van der Waals surface area contributed by atoms with Crippen molar-refractivity contribution in [2.24, 2.45) is 0 Å². The van der Waals surface area contributed by atoms with Crippen LogP contribution in [-0.4, -0.2) is 38.5 Å². The van der Waals surface area contributed by atoms with Gasteiger partial charge in [-0.3, -0.25) is 0 Å². The van der Waals surface area contributed by atoms with Crippen LogP contribution >= 0.6 is 0 Å². The van der Waals surface area contributed by atoms with Gasteiger partial charge in [-0.15, -0.1) is 0 Å². The Kier molecular flexibility index (Phi) is 9.74. The van der Waals surface area contributed by atoms with E-state index < -0.39 is 12.1 Å². The van der Waals surface area contributed by atoms with Gasteiger partial charge in [-0.1, -0.05) is 32.2 Å². The highest BCUT2D eigenvalue weighted by Crippen LogP contribution is 2.34. The van der Waals surface area contributed by atoms with E-state index in [1.165, 1.54) is 5.56 Å². The molecule has 1 aliphatic rings. The molecule has 1 unspecified atom stereocenters. The van der Waals surface area contributed by atoms with E-state index in [2.05, 4.69) is 25.3 Å². The third kappa shape index (κ3) is 7.91. The Morgan fingerprint density at radius 3 is 2.45 bits per heavy atom. The molecule has 1 atom stereocenters. The highest BCUT2D eigenvalue weighted by molar-refractivity contribution is 5.81. The SMILES string of the molecule is C=CC(=O)OCC(COc1ccc(C2CCC(OOC)CC2)cc1)OC(=C)CC. The summed E-state index contributed by atoms with van der Waals surface area (Å²) in [6.45, 7) is 9.51. The first-order valence-electron chi connectivity index (χ1n) is 10.1. The van der Waals surface area contributed by atoms with Crippen LogP contribution in [0.2, 0.25) is 0 Å². The Labute approximate surface area is 173 Å². The number of carbonyl (C=O) groups is 1. The molecule has 6 heteroatoms. The van der Waals surface area contributed by atoms with Crippen molar-refractivity contribution in [2.45, 2.75) is 57.2 Å². The van der Waals surface area contributed by atoms with Gasteiger partial charge in [-0.2, -0.15) is 0 Å². The standard InChI is InChI=1S/C23H32O6/c1-5-17(3)28-22(16-27-23(24)6-2)15-26-20-11-7-18(8-12-20)19-9-13-21(14-10-19)29-25-4/h6-8,11-12,19,21-22H,2-3,5,9-10,13-16H2,1,4H3. The zero-order valence-electron chi connectivity index (χ0n) is 17.4. The molecule has 0 heterocycles. The van der Waals surface area contributed by atoms with E-state index in [1.54, 1.807) is 7.11 Å². The molecule has 0 N–H and O–H groups in total. The number of esters is 1. The molecule has 160 valence electrons. The number of benzene rings is 1. The minimum absolute atomic E-state index is 0.0781. The van der Waals surface area contributed by atoms with E-state index >= 15 is 0 Å². The quantitative estimate of drug-likeness (QED) is 0.165. The monoisotopic (exact) mass is 404 g/mol. The lowest BCUT2D eigenvalue weighted by molar-refractivity contribution is -0.309. The molecule has 2 rings (SSSR count). The molecule has 0 aromatic heterocycles. The fourth-order valence-electron chi connectivity index (χ4n) is 3.32. The average Bonchev–Trinajstić information content (AvgIpc) is 2.76. The number of carbonyl (C=O) groups excluding carboxylic acids is 1. The lowest BCUT2D eigenvalue weighted by Gasteiger charge is -2.27. The minimum Gasteiger partial charge on any atom is -0.490 e. The first-order valence-corrected chi connectivity index (χ1v) is 10.1. The van der Waals surface area contributed by atoms with E-state index in [0.29, 0.717) is 18.1 Å². The number of rotatable bonds is 12. The van der Waals surface area contributed by atoms with Crippen LogP contribution in [0.1, 0.15) is 50.5 Å². The van der Waals surface area contributed by atoms with E-state index in [-0.39, 0.29) is 19.3 Å². The van der Waals surface area contributed by atoms with E-state index in [1.807, 2.05) is 19.1 Å². The summed E-state index contributed by atoms with van der Waals surface area (Å²) < 4.78 is 16.7. The van der Waals surface area contributed by atoms with Gasteiger partial charge in [-0.05, 0) is 49.3 Å². The highest BCUT2D eigenvalue weighted by atomic mass is 17.2. The fraction of sp³-hybridized carbons (Fsp3) is 0.522. The summed E-state index contributed by atoms with van der Waals surface area (Å²) in [5, 5.41) is 0. The molecule has 1 aromatic carbocycles. The molecule has 29 heavy (non-hydrogen) atoms.